The lowest BCUT2D eigenvalue weighted by molar-refractivity contribution is 0.414. The minimum Gasteiger partial charge on any atom is -0.497 e. The van der Waals surface area contributed by atoms with Crippen LogP contribution < -0.4 is 4.74 Å². The van der Waals surface area contributed by atoms with Crippen LogP contribution in [0.3, 0.4) is 0 Å². The molecule has 0 saturated heterocycles. The predicted molar refractivity (Wildman–Crippen MR) is 114 cm³/mol. The van der Waals surface area contributed by atoms with Crippen molar-refractivity contribution in [1.29, 1.82) is 0 Å². The van der Waals surface area contributed by atoms with E-state index in [0.29, 0.717) is 0 Å². The number of fused-ring (bicyclic) bond motifs is 4. The molecule has 28 heavy (non-hydrogen) atoms. The van der Waals surface area contributed by atoms with E-state index in [2.05, 4.69) is 66.7 Å². The van der Waals surface area contributed by atoms with Gasteiger partial charge in [0.25, 0.3) is 0 Å². The molecule has 1 aliphatic carbocycles. The number of para-hydroxylation sites is 1. The third kappa shape index (κ3) is 2.95. The summed E-state index contributed by atoms with van der Waals surface area (Å²) in [6, 6.07) is 25.5. The van der Waals surface area contributed by atoms with Crippen molar-refractivity contribution in [3.8, 4) is 17.1 Å². The number of aryl methyl sites for hydroxylation is 3. The van der Waals surface area contributed by atoms with Crippen LogP contribution in [0.1, 0.15) is 22.3 Å². The quantitative estimate of drug-likeness (QED) is 0.396. The largest absolute Gasteiger partial charge is 0.497 e. The molecule has 1 aliphatic rings. The number of benzene rings is 3. The zero-order chi connectivity index (χ0) is 18.9. The fraction of sp³-hybridized carbons (Fsp3) is 0.192. The highest BCUT2D eigenvalue weighted by Crippen LogP contribution is 2.40. The lowest BCUT2D eigenvalue weighted by atomic mass is 9.85. The first-order chi connectivity index (χ1) is 13.8. The third-order valence-corrected chi connectivity index (χ3v) is 5.77. The molecule has 0 unspecified atom stereocenters. The first-order valence-electron chi connectivity index (χ1n) is 9.91. The van der Waals surface area contributed by atoms with Crippen LogP contribution in [0.4, 0.5) is 0 Å². The molecular formula is C26H23O2+. The van der Waals surface area contributed by atoms with Gasteiger partial charge in [-0.2, -0.15) is 0 Å². The van der Waals surface area contributed by atoms with Crippen molar-refractivity contribution in [1.82, 2.24) is 0 Å². The molecule has 0 spiro atoms. The van der Waals surface area contributed by atoms with E-state index in [9.17, 15) is 0 Å². The normalized spacial score (nSPS) is 12.5. The molecule has 0 atom stereocenters. The van der Waals surface area contributed by atoms with Crippen LogP contribution >= 0.6 is 0 Å². The molecule has 0 bridgehead atoms. The lowest BCUT2D eigenvalue weighted by Crippen LogP contribution is -2.09. The molecule has 0 radical (unpaired) electrons. The summed E-state index contributed by atoms with van der Waals surface area (Å²) in [4.78, 5) is 0. The lowest BCUT2D eigenvalue weighted by Gasteiger charge is -2.17. The average molecular weight is 367 g/mol. The molecule has 0 saturated carbocycles. The Balaban J connectivity index is 1.65. The van der Waals surface area contributed by atoms with Gasteiger partial charge in [0.05, 0.1) is 23.6 Å². The maximum absolute atomic E-state index is 6.44. The average Bonchev–Trinajstić information content (AvgIpc) is 2.76. The van der Waals surface area contributed by atoms with Crippen molar-refractivity contribution >= 4 is 11.0 Å². The minimum absolute atomic E-state index is 0.910. The summed E-state index contributed by atoms with van der Waals surface area (Å²) in [6.45, 7) is 0. The molecule has 0 N–H and O–H groups in total. The monoisotopic (exact) mass is 367 g/mol. The summed E-state index contributed by atoms with van der Waals surface area (Å²) in [5, 5.41) is 1.24. The van der Waals surface area contributed by atoms with E-state index in [-0.39, 0.29) is 0 Å². The third-order valence-electron chi connectivity index (χ3n) is 5.77. The van der Waals surface area contributed by atoms with Gasteiger partial charge < -0.3 is 4.74 Å². The molecule has 4 aromatic rings. The maximum atomic E-state index is 6.44. The first kappa shape index (κ1) is 17.0. The van der Waals surface area contributed by atoms with E-state index in [0.717, 1.165) is 42.8 Å². The van der Waals surface area contributed by atoms with Gasteiger partial charge in [0, 0.05) is 6.07 Å². The van der Waals surface area contributed by atoms with Crippen molar-refractivity contribution in [2.75, 3.05) is 7.11 Å². The van der Waals surface area contributed by atoms with E-state index >= 15 is 0 Å². The number of hydrogen-bond donors (Lipinski definition) is 0. The fourth-order valence-corrected chi connectivity index (χ4v) is 4.34. The summed E-state index contributed by atoms with van der Waals surface area (Å²) < 4.78 is 11.9. The van der Waals surface area contributed by atoms with Gasteiger partial charge in [0.2, 0.25) is 0 Å². The standard InChI is InChI=1S/C26H23O2/c1-27-20-13-16-21-19(17-20)12-15-24-22(14-11-18-7-3-2-4-8-18)23-9-5-6-10-25(23)28-26(21)24/h2-10,13,16-17H,11-12,14-15H2,1H3/q+1. The zero-order valence-electron chi connectivity index (χ0n) is 16.1. The van der Waals surface area contributed by atoms with Crippen molar-refractivity contribution in [2.24, 2.45) is 0 Å². The first-order valence-corrected chi connectivity index (χ1v) is 9.91. The van der Waals surface area contributed by atoms with Crippen molar-refractivity contribution < 1.29 is 9.15 Å². The summed E-state index contributed by atoms with van der Waals surface area (Å²) >= 11 is 0. The van der Waals surface area contributed by atoms with Gasteiger partial charge in [-0.15, -0.1) is 0 Å². The van der Waals surface area contributed by atoms with Crippen LogP contribution in [0, 0.1) is 0 Å². The SMILES string of the molecule is COc1ccc2c(c1)CCc1c-2[o+]c2ccccc2c1CCc1ccccc1. The molecule has 0 fully saturated rings. The van der Waals surface area contributed by atoms with Crippen LogP contribution in [0.15, 0.2) is 77.2 Å². The Kier molecular flexibility index (Phi) is 4.32. The van der Waals surface area contributed by atoms with Crippen LogP contribution in [0.2, 0.25) is 0 Å². The Morgan fingerprint density at radius 3 is 2.54 bits per heavy atom. The summed E-state index contributed by atoms with van der Waals surface area (Å²) in [6.07, 6.45) is 4.09. The van der Waals surface area contributed by atoms with Gasteiger partial charge in [-0.05, 0) is 66.6 Å². The van der Waals surface area contributed by atoms with Gasteiger partial charge in [-0.3, -0.25) is 0 Å². The Bertz CT molecular complexity index is 1150. The zero-order valence-corrected chi connectivity index (χ0v) is 16.1. The summed E-state index contributed by atoms with van der Waals surface area (Å²) in [5.74, 6) is 1.94. The van der Waals surface area contributed by atoms with E-state index in [1.807, 2.05) is 6.07 Å². The van der Waals surface area contributed by atoms with Gasteiger partial charge >= 0.3 is 11.3 Å². The van der Waals surface area contributed by atoms with Gasteiger partial charge in [-0.25, -0.2) is 4.42 Å². The molecule has 2 heteroatoms. The van der Waals surface area contributed by atoms with E-state index < -0.39 is 0 Å². The van der Waals surface area contributed by atoms with Crippen molar-refractivity contribution in [2.45, 2.75) is 25.7 Å². The van der Waals surface area contributed by atoms with Crippen LogP contribution in [0.5, 0.6) is 5.75 Å². The Morgan fingerprint density at radius 1 is 0.857 bits per heavy atom. The summed E-state index contributed by atoms with van der Waals surface area (Å²) in [7, 11) is 1.72. The second kappa shape index (κ2) is 7.12. The molecule has 138 valence electrons. The number of ether oxygens (including phenoxy) is 1. The molecule has 3 aromatic carbocycles. The molecular weight excluding hydrogens is 344 g/mol. The van der Waals surface area contributed by atoms with E-state index in [1.165, 1.54) is 33.2 Å². The van der Waals surface area contributed by atoms with Crippen LogP contribution in [-0.4, -0.2) is 7.11 Å². The highest BCUT2D eigenvalue weighted by molar-refractivity contribution is 5.86. The van der Waals surface area contributed by atoms with Gasteiger partial charge in [0.15, 0.2) is 0 Å². The molecule has 5 rings (SSSR count). The van der Waals surface area contributed by atoms with Crippen LogP contribution in [-0.2, 0) is 25.7 Å². The van der Waals surface area contributed by atoms with E-state index in [4.69, 9.17) is 9.15 Å². The molecule has 1 heterocycles. The molecule has 0 aliphatic heterocycles. The number of methoxy groups -OCH3 is 1. The topological polar surface area (TPSA) is 20.5 Å². The molecule has 2 nitrogen and oxygen atoms in total. The summed E-state index contributed by atoms with van der Waals surface area (Å²) in [5.41, 5.74) is 7.65. The Morgan fingerprint density at radius 2 is 1.68 bits per heavy atom. The fourth-order valence-electron chi connectivity index (χ4n) is 4.34. The van der Waals surface area contributed by atoms with Gasteiger partial charge in [0.1, 0.15) is 5.75 Å². The van der Waals surface area contributed by atoms with Gasteiger partial charge in [-0.1, -0.05) is 42.5 Å². The smallest absolute Gasteiger partial charge is 0.364 e. The molecule has 1 aromatic heterocycles. The molecule has 0 amide bonds. The minimum atomic E-state index is 0.910. The Hall–Kier alpha value is -3.13. The van der Waals surface area contributed by atoms with Crippen molar-refractivity contribution in [3.05, 3.63) is 95.1 Å². The predicted octanol–water partition coefficient (Wildman–Crippen LogP) is 6.27. The second-order valence-electron chi connectivity index (χ2n) is 7.39. The second-order valence-corrected chi connectivity index (χ2v) is 7.39. The van der Waals surface area contributed by atoms with E-state index in [1.54, 1.807) is 7.11 Å². The van der Waals surface area contributed by atoms with Crippen molar-refractivity contribution in [3.63, 3.8) is 0 Å². The highest BCUT2D eigenvalue weighted by Gasteiger charge is 2.31. The number of hydrogen-bond acceptors (Lipinski definition) is 1. The Labute approximate surface area is 165 Å². The van der Waals surface area contributed by atoms with Crippen LogP contribution in [0.25, 0.3) is 22.3 Å². The number of rotatable bonds is 4. The highest BCUT2D eigenvalue weighted by atomic mass is 16.5. The maximum Gasteiger partial charge on any atom is 0.364 e.